The van der Waals surface area contributed by atoms with E-state index in [9.17, 15) is 14.7 Å². The van der Waals surface area contributed by atoms with Gasteiger partial charge >= 0.3 is 0 Å². The zero-order chi connectivity index (χ0) is 24.9. The van der Waals surface area contributed by atoms with Crippen LogP contribution < -0.4 is 10.6 Å². The molecule has 3 aliphatic rings. The molecule has 36 heavy (non-hydrogen) atoms. The summed E-state index contributed by atoms with van der Waals surface area (Å²) in [6.07, 6.45) is 7.03. The molecular formula is C28H37N5O3. The Hall–Kier alpha value is -2.97. The summed E-state index contributed by atoms with van der Waals surface area (Å²) >= 11 is 0. The monoisotopic (exact) mass is 491 g/mol. The van der Waals surface area contributed by atoms with E-state index in [2.05, 4.69) is 44.8 Å². The summed E-state index contributed by atoms with van der Waals surface area (Å²) in [5.74, 6) is 0.295. The second-order valence-electron chi connectivity index (χ2n) is 10.4. The van der Waals surface area contributed by atoms with Crippen molar-refractivity contribution in [1.29, 1.82) is 0 Å². The third-order valence-corrected chi connectivity index (χ3v) is 7.80. The number of likely N-dealkylation sites (tertiary alicyclic amines) is 1. The SMILES string of the molecule is O=C(NC[C@H](O)CN1CCc2ccccc2C1)c1cc(NC2CCN(C(=O)C3CCC3)CC2)ccn1. The molecule has 1 aromatic heterocycles. The quantitative estimate of drug-likeness (QED) is 0.525. The minimum absolute atomic E-state index is 0.184. The van der Waals surface area contributed by atoms with Crippen molar-refractivity contribution in [2.24, 2.45) is 5.92 Å². The van der Waals surface area contributed by atoms with Crippen LogP contribution in [0.4, 0.5) is 5.69 Å². The van der Waals surface area contributed by atoms with Crippen LogP contribution in [0.15, 0.2) is 42.6 Å². The largest absolute Gasteiger partial charge is 0.390 e. The topological polar surface area (TPSA) is 97.8 Å². The number of aliphatic hydroxyl groups excluding tert-OH is 1. The van der Waals surface area contributed by atoms with Gasteiger partial charge < -0.3 is 20.6 Å². The summed E-state index contributed by atoms with van der Waals surface area (Å²) in [6, 6.07) is 12.3. The van der Waals surface area contributed by atoms with Crippen LogP contribution in [0.5, 0.6) is 0 Å². The van der Waals surface area contributed by atoms with Gasteiger partial charge in [-0.05, 0) is 55.4 Å². The smallest absolute Gasteiger partial charge is 0.270 e. The van der Waals surface area contributed by atoms with Crippen molar-refractivity contribution in [3.05, 3.63) is 59.4 Å². The van der Waals surface area contributed by atoms with E-state index in [4.69, 9.17) is 0 Å². The van der Waals surface area contributed by atoms with Gasteiger partial charge in [0, 0.05) is 63.1 Å². The van der Waals surface area contributed by atoms with Crippen molar-refractivity contribution in [2.45, 2.75) is 57.2 Å². The molecule has 0 radical (unpaired) electrons. The molecule has 3 N–H and O–H groups in total. The highest BCUT2D eigenvalue weighted by atomic mass is 16.3. The van der Waals surface area contributed by atoms with E-state index in [1.165, 1.54) is 17.5 Å². The van der Waals surface area contributed by atoms with Gasteiger partial charge in [0.2, 0.25) is 5.91 Å². The lowest BCUT2D eigenvalue weighted by atomic mass is 9.84. The fraction of sp³-hybridized carbons (Fsp3) is 0.536. The number of carbonyl (C=O) groups is 2. The van der Waals surface area contributed by atoms with E-state index < -0.39 is 6.10 Å². The molecular weight excluding hydrogens is 454 g/mol. The molecule has 8 heteroatoms. The molecule has 2 amide bonds. The maximum absolute atomic E-state index is 12.7. The molecule has 0 bridgehead atoms. The number of benzene rings is 1. The minimum atomic E-state index is -0.645. The van der Waals surface area contributed by atoms with Gasteiger partial charge in [0.25, 0.3) is 5.91 Å². The Morgan fingerprint density at radius 2 is 1.83 bits per heavy atom. The van der Waals surface area contributed by atoms with Crippen LogP contribution in [0, 0.1) is 5.92 Å². The Kier molecular flexibility index (Phi) is 7.82. The highest BCUT2D eigenvalue weighted by molar-refractivity contribution is 5.93. The van der Waals surface area contributed by atoms with Gasteiger partial charge in [-0.2, -0.15) is 0 Å². The van der Waals surface area contributed by atoms with E-state index in [-0.39, 0.29) is 24.4 Å². The molecule has 2 fully saturated rings. The maximum Gasteiger partial charge on any atom is 0.270 e. The number of hydrogen-bond acceptors (Lipinski definition) is 6. The second kappa shape index (κ2) is 11.4. The Balaban J connectivity index is 1.06. The molecule has 2 aromatic rings. The number of β-amino-alcohol motifs (C(OH)–C–C–N with tert-alkyl or cyclic N) is 1. The van der Waals surface area contributed by atoms with Gasteiger partial charge in [0.1, 0.15) is 5.69 Å². The van der Waals surface area contributed by atoms with Gasteiger partial charge in [-0.1, -0.05) is 30.7 Å². The summed E-state index contributed by atoms with van der Waals surface area (Å²) in [5, 5.41) is 16.8. The number of fused-ring (bicyclic) bond motifs is 1. The number of nitrogens with one attached hydrogen (secondary N) is 2. The number of pyridine rings is 1. The van der Waals surface area contributed by atoms with Crippen molar-refractivity contribution >= 4 is 17.5 Å². The molecule has 5 rings (SSSR count). The number of anilines is 1. The summed E-state index contributed by atoms with van der Waals surface area (Å²) in [4.78, 5) is 33.6. The molecule has 192 valence electrons. The molecule has 1 saturated heterocycles. The van der Waals surface area contributed by atoms with Crippen LogP contribution in [0.1, 0.15) is 53.7 Å². The van der Waals surface area contributed by atoms with Crippen molar-refractivity contribution in [1.82, 2.24) is 20.1 Å². The lowest BCUT2D eigenvalue weighted by Crippen LogP contribution is -2.46. The normalized spacial score (nSPS) is 19.8. The van der Waals surface area contributed by atoms with Crippen LogP contribution >= 0.6 is 0 Å². The molecule has 1 saturated carbocycles. The second-order valence-corrected chi connectivity index (χ2v) is 10.4. The van der Waals surface area contributed by atoms with E-state index in [0.717, 1.165) is 64.0 Å². The summed E-state index contributed by atoms with van der Waals surface area (Å²) in [5.41, 5.74) is 3.87. The van der Waals surface area contributed by atoms with E-state index in [1.54, 1.807) is 12.3 Å². The first-order chi connectivity index (χ1) is 17.5. The Morgan fingerprint density at radius 3 is 2.58 bits per heavy atom. The highest BCUT2D eigenvalue weighted by Crippen LogP contribution is 2.29. The van der Waals surface area contributed by atoms with E-state index in [0.29, 0.717) is 18.1 Å². The first-order valence-corrected chi connectivity index (χ1v) is 13.3. The zero-order valence-electron chi connectivity index (χ0n) is 20.9. The van der Waals surface area contributed by atoms with Crippen molar-refractivity contribution < 1.29 is 14.7 Å². The summed E-state index contributed by atoms with van der Waals surface area (Å²) < 4.78 is 0. The van der Waals surface area contributed by atoms with Crippen LogP contribution in [-0.4, -0.2) is 76.6 Å². The third kappa shape index (κ3) is 6.05. The number of nitrogens with zero attached hydrogens (tertiary/aromatic N) is 3. The predicted molar refractivity (Wildman–Crippen MR) is 139 cm³/mol. The van der Waals surface area contributed by atoms with Crippen LogP contribution in [0.25, 0.3) is 0 Å². The summed E-state index contributed by atoms with van der Waals surface area (Å²) in [7, 11) is 0. The zero-order valence-corrected chi connectivity index (χ0v) is 20.9. The predicted octanol–water partition coefficient (Wildman–Crippen LogP) is 2.43. The van der Waals surface area contributed by atoms with E-state index >= 15 is 0 Å². The van der Waals surface area contributed by atoms with Gasteiger partial charge in [-0.3, -0.25) is 19.5 Å². The van der Waals surface area contributed by atoms with Crippen molar-refractivity contribution in [3.63, 3.8) is 0 Å². The van der Waals surface area contributed by atoms with Crippen molar-refractivity contribution in [2.75, 3.05) is 38.0 Å². The molecule has 1 aliphatic carbocycles. The van der Waals surface area contributed by atoms with Gasteiger partial charge in [-0.25, -0.2) is 0 Å². The molecule has 2 aliphatic heterocycles. The van der Waals surface area contributed by atoms with Crippen LogP contribution in [0.2, 0.25) is 0 Å². The molecule has 1 atom stereocenters. The highest BCUT2D eigenvalue weighted by Gasteiger charge is 2.31. The Bertz CT molecular complexity index is 1060. The fourth-order valence-corrected chi connectivity index (χ4v) is 5.41. The van der Waals surface area contributed by atoms with Crippen molar-refractivity contribution in [3.8, 4) is 0 Å². The lowest BCUT2D eigenvalue weighted by molar-refractivity contribution is -0.139. The fourth-order valence-electron chi connectivity index (χ4n) is 5.41. The third-order valence-electron chi connectivity index (χ3n) is 7.80. The maximum atomic E-state index is 12.7. The first-order valence-electron chi connectivity index (χ1n) is 13.3. The molecule has 8 nitrogen and oxygen atoms in total. The van der Waals surface area contributed by atoms with Crippen LogP contribution in [-0.2, 0) is 17.8 Å². The number of carbonyl (C=O) groups excluding carboxylic acids is 2. The minimum Gasteiger partial charge on any atom is -0.390 e. The number of aliphatic hydroxyl groups is 1. The van der Waals surface area contributed by atoms with E-state index in [1.807, 2.05) is 11.0 Å². The number of rotatable bonds is 8. The van der Waals surface area contributed by atoms with Gasteiger partial charge in [0.05, 0.1) is 6.10 Å². The number of hydrogen-bond donors (Lipinski definition) is 3. The average molecular weight is 492 g/mol. The number of aromatic nitrogens is 1. The molecule has 0 unspecified atom stereocenters. The van der Waals surface area contributed by atoms with Gasteiger partial charge in [0.15, 0.2) is 0 Å². The molecule has 3 heterocycles. The summed E-state index contributed by atoms with van der Waals surface area (Å²) in [6.45, 7) is 4.00. The van der Waals surface area contributed by atoms with Gasteiger partial charge in [-0.15, -0.1) is 0 Å². The first kappa shape index (κ1) is 24.7. The molecule has 1 aromatic carbocycles. The standard InChI is InChI=1S/C28H37N5O3/c34-25(19-32-13-9-20-4-1-2-5-22(20)18-32)17-30-27(35)26-16-24(8-12-29-26)31-23-10-14-33(15-11-23)28(36)21-6-3-7-21/h1-2,4-5,8,12,16,21,23,25,34H,3,6-7,9-11,13-15,17-19H2,(H,29,31)(H,30,35)/t25-/m0/s1. The van der Waals surface area contributed by atoms with Crippen LogP contribution in [0.3, 0.4) is 0 Å². The number of piperidine rings is 1. The Labute approximate surface area is 213 Å². The molecule has 0 spiro atoms. The Morgan fingerprint density at radius 1 is 1.06 bits per heavy atom. The number of amides is 2. The lowest BCUT2D eigenvalue weighted by Gasteiger charge is -2.37. The average Bonchev–Trinajstić information content (AvgIpc) is 2.87.